The minimum absolute atomic E-state index is 0.147. The molecule has 0 aliphatic carbocycles. The Kier molecular flexibility index (Phi) is 2.96. The fourth-order valence-electron chi connectivity index (χ4n) is 1.58. The first kappa shape index (κ1) is 10.1. The highest BCUT2D eigenvalue weighted by Gasteiger charge is 2.13. The number of aromatic amines is 1. The number of rotatable bonds is 3. The summed E-state index contributed by atoms with van der Waals surface area (Å²) in [6.07, 6.45) is 0.815. The molecule has 0 aliphatic heterocycles. The second kappa shape index (κ2) is 3.81. The quantitative estimate of drug-likeness (QED) is 0.761. The van der Waals surface area contributed by atoms with Crippen LogP contribution < -0.4 is 5.56 Å². The predicted molar refractivity (Wildman–Crippen MR) is 54.2 cm³/mol. The lowest BCUT2D eigenvalue weighted by Gasteiger charge is -2.02. The monoisotopic (exact) mass is 182 g/mol. The molecule has 13 heavy (non-hydrogen) atoms. The smallest absolute Gasteiger partial charge is 0.269 e. The summed E-state index contributed by atoms with van der Waals surface area (Å²) in [5, 5.41) is 3.15. The van der Waals surface area contributed by atoms with E-state index in [2.05, 4.69) is 18.9 Å². The van der Waals surface area contributed by atoms with E-state index in [0.29, 0.717) is 5.92 Å². The van der Waals surface area contributed by atoms with Crippen molar-refractivity contribution < 1.29 is 0 Å². The molecule has 0 bridgehead atoms. The highest BCUT2D eigenvalue weighted by molar-refractivity contribution is 5.20. The lowest BCUT2D eigenvalue weighted by molar-refractivity contribution is 0.618. The van der Waals surface area contributed by atoms with Crippen LogP contribution in [0.4, 0.5) is 0 Å². The third-order valence-corrected chi connectivity index (χ3v) is 2.33. The molecule has 0 saturated heterocycles. The molecule has 1 heterocycles. The van der Waals surface area contributed by atoms with Crippen molar-refractivity contribution in [1.82, 2.24) is 9.78 Å². The summed E-state index contributed by atoms with van der Waals surface area (Å²) in [5.74, 6) is 0.399. The fourth-order valence-corrected chi connectivity index (χ4v) is 1.58. The van der Waals surface area contributed by atoms with Gasteiger partial charge >= 0.3 is 0 Å². The second-order valence-corrected chi connectivity index (χ2v) is 3.56. The predicted octanol–water partition coefficient (Wildman–Crippen LogP) is 1.88. The SMILES string of the molecule is CCc1c(C(C)C)[nH]n(CC)c1=O. The van der Waals surface area contributed by atoms with E-state index in [0.717, 1.165) is 24.2 Å². The van der Waals surface area contributed by atoms with Crippen molar-refractivity contribution in [3.8, 4) is 0 Å². The minimum Gasteiger partial charge on any atom is -0.299 e. The van der Waals surface area contributed by atoms with Gasteiger partial charge in [0.05, 0.1) is 0 Å². The van der Waals surface area contributed by atoms with Crippen LogP contribution in [-0.2, 0) is 13.0 Å². The van der Waals surface area contributed by atoms with Gasteiger partial charge in [-0.3, -0.25) is 14.6 Å². The van der Waals surface area contributed by atoms with Gasteiger partial charge in [-0.05, 0) is 19.3 Å². The molecule has 0 radical (unpaired) electrons. The van der Waals surface area contributed by atoms with Crippen LogP contribution in [0.15, 0.2) is 4.79 Å². The zero-order valence-corrected chi connectivity index (χ0v) is 8.85. The van der Waals surface area contributed by atoms with Crippen LogP contribution in [0.3, 0.4) is 0 Å². The Bertz CT molecular complexity index is 333. The third-order valence-electron chi connectivity index (χ3n) is 2.33. The van der Waals surface area contributed by atoms with Gasteiger partial charge in [-0.15, -0.1) is 0 Å². The summed E-state index contributed by atoms with van der Waals surface area (Å²) in [6.45, 7) is 8.92. The summed E-state index contributed by atoms with van der Waals surface area (Å²) in [6, 6.07) is 0. The average molecular weight is 182 g/mol. The van der Waals surface area contributed by atoms with E-state index in [1.807, 2.05) is 13.8 Å². The summed E-state index contributed by atoms with van der Waals surface area (Å²) in [4.78, 5) is 11.7. The van der Waals surface area contributed by atoms with Crippen LogP contribution in [0.25, 0.3) is 0 Å². The van der Waals surface area contributed by atoms with Crippen molar-refractivity contribution >= 4 is 0 Å². The highest BCUT2D eigenvalue weighted by atomic mass is 16.1. The first-order valence-electron chi connectivity index (χ1n) is 4.93. The molecule has 0 saturated carbocycles. The van der Waals surface area contributed by atoms with Crippen LogP contribution in [0.2, 0.25) is 0 Å². The molecule has 1 aromatic heterocycles. The molecule has 3 heteroatoms. The van der Waals surface area contributed by atoms with Gasteiger partial charge in [-0.1, -0.05) is 20.8 Å². The van der Waals surface area contributed by atoms with Crippen molar-refractivity contribution in [2.75, 3.05) is 0 Å². The van der Waals surface area contributed by atoms with E-state index in [9.17, 15) is 4.79 Å². The van der Waals surface area contributed by atoms with Crippen molar-refractivity contribution in [3.05, 3.63) is 21.6 Å². The zero-order valence-electron chi connectivity index (χ0n) is 8.85. The van der Waals surface area contributed by atoms with Gasteiger partial charge < -0.3 is 0 Å². The van der Waals surface area contributed by atoms with E-state index >= 15 is 0 Å². The molecule has 0 fully saturated rings. The second-order valence-electron chi connectivity index (χ2n) is 3.56. The van der Waals surface area contributed by atoms with Crippen LogP contribution in [-0.4, -0.2) is 9.78 Å². The lowest BCUT2D eigenvalue weighted by Crippen LogP contribution is -2.17. The maximum absolute atomic E-state index is 11.7. The van der Waals surface area contributed by atoms with E-state index in [-0.39, 0.29) is 5.56 Å². The fraction of sp³-hybridized carbons (Fsp3) is 0.700. The Morgan fingerprint density at radius 3 is 2.31 bits per heavy atom. The largest absolute Gasteiger partial charge is 0.299 e. The Balaban J connectivity index is 3.28. The van der Waals surface area contributed by atoms with E-state index in [4.69, 9.17) is 0 Å². The number of nitrogens with zero attached hydrogens (tertiary/aromatic N) is 1. The van der Waals surface area contributed by atoms with Crippen LogP contribution in [0.1, 0.15) is 44.9 Å². The van der Waals surface area contributed by atoms with Gasteiger partial charge in [0.15, 0.2) is 0 Å². The van der Waals surface area contributed by atoms with Crippen molar-refractivity contribution in [2.24, 2.45) is 0 Å². The van der Waals surface area contributed by atoms with E-state index < -0.39 is 0 Å². The molecule has 0 aromatic carbocycles. The molecule has 0 unspecified atom stereocenters. The molecule has 0 amide bonds. The average Bonchev–Trinajstić information content (AvgIpc) is 2.42. The van der Waals surface area contributed by atoms with E-state index in [1.54, 1.807) is 4.68 Å². The molecular formula is C10H18N2O. The lowest BCUT2D eigenvalue weighted by atomic mass is 10.0. The number of H-pyrrole nitrogens is 1. The summed E-state index contributed by atoms with van der Waals surface area (Å²) < 4.78 is 1.67. The Labute approximate surface area is 78.8 Å². The third kappa shape index (κ3) is 1.69. The molecule has 0 spiro atoms. The van der Waals surface area contributed by atoms with Crippen LogP contribution in [0.5, 0.6) is 0 Å². The summed E-state index contributed by atoms with van der Waals surface area (Å²) >= 11 is 0. The Hall–Kier alpha value is -0.990. The molecule has 1 rings (SSSR count). The van der Waals surface area contributed by atoms with Gasteiger partial charge in [0.2, 0.25) is 0 Å². The van der Waals surface area contributed by atoms with E-state index in [1.165, 1.54) is 0 Å². The first-order chi connectivity index (χ1) is 6.11. The number of hydrogen-bond acceptors (Lipinski definition) is 1. The summed E-state index contributed by atoms with van der Waals surface area (Å²) in [7, 11) is 0. The highest BCUT2D eigenvalue weighted by Crippen LogP contribution is 2.14. The zero-order chi connectivity index (χ0) is 10.0. The van der Waals surface area contributed by atoms with Crippen LogP contribution >= 0.6 is 0 Å². The molecule has 74 valence electrons. The number of nitrogens with one attached hydrogen (secondary N) is 1. The normalized spacial score (nSPS) is 11.2. The number of aryl methyl sites for hydroxylation is 1. The van der Waals surface area contributed by atoms with Gasteiger partial charge in [-0.25, -0.2) is 0 Å². The van der Waals surface area contributed by atoms with Crippen molar-refractivity contribution in [3.63, 3.8) is 0 Å². The Morgan fingerprint density at radius 2 is 2.00 bits per heavy atom. The van der Waals surface area contributed by atoms with Crippen LogP contribution in [0, 0.1) is 0 Å². The molecule has 1 aromatic rings. The van der Waals surface area contributed by atoms with Gasteiger partial charge in [0, 0.05) is 17.8 Å². The molecular weight excluding hydrogens is 164 g/mol. The molecule has 3 nitrogen and oxygen atoms in total. The van der Waals surface area contributed by atoms with Crippen molar-refractivity contribution in [2.45, 2.75) is 46.6 Å². The topological polar surface area (TPSA) is 37.8 Å². The van der Waals surface area contributed by atoms with Gasteiger partial charge in [0.25, 0.3) is 5.56 Å². The number of hydrogen-bond donors (Lipinski definition) is 1. The Morgan fingerprint density at radius 1 is 1.38 bits per heavy atom. The first-order valence-corrected chi connectivity index (χ1v) is 4.93. The van der Waals surface area contributed by atoms with Gasteiger partial charge in [0.1, 0.15) is 0 Å². The summed E-state index contributed by atoms with van der Waals surface area (Å²) in [5.41, 5.74) is 2.18. The van der Waals surface area contributed by atoms with Gasteiger partial charge in [-0.2, -0.15) is 0 Å². The molecule has 0 aliphatic rings. The standard InChI is InChI=1S/C10H18N2O/c1-5-8-9(7(3)4)11-12(6-2)10(8)13/h7,11H,5-6H2,1-4H3. The molecule has 1 N–H and O–H groups in total. The maximum atomic E-state index is 11.7. The molecule has 0 atom stereocenters. The van der Waals surface area contributed by atoms with Crippen molar-refractivity contribution in [1.29, 1.82) is 0 Å². The number of aromatic nitrogens is 2. The minimum atomic E-state index is 0.147. The maximum Gasteiger partial charge on any atom is 0.269 e.